The molecule has 0 atom stereocenters. The Labute approximate surface area is 118 Å². The normalized spacial score (nSPS) is 10.5. The Hall–Kier alpha value is -2.55. The summed E-state index contributed by atoms with van der Waals surface area (Å²) in [7, 11) is 3.60. The number of benzene rings is 2. The number of aromatic nitrogens is 1. The highest BCUT2D eigenvalue weighted by atomic mass is 16.5. The van der Waals surface area contributed by atoms with E-state index in [-0.39, 0.29) is 0 Å². The van der Waals surface area contributed by atoms with Crippen LogP contribution in [0.5, 0.6) is 5.75 Å². The van der Waals surface area contributed by atoms with Gasteiger partial charge in [-0.15, -0.1) is 0 Å². The predicted molar refractivity (Wildman–Crippen MR) is 83.3 cm³/mol. The molecule has 0 aliphatic heterocycles. The SMILES string of the molecule is CNc1cccc(-c2ccc(OC)c3cccnc23)c1. The molecule has 0 saturated carbocycles. The Bertz CT molecular complexity index is 753. The van der Waals surface area contributed by atoms with Gasteiger partial charge in [0.2, 0.25) is 0 Å². The molecule has 0 radical (unpaired) electrons. The molecule has 100 valence electrons. The van der Waals surface area contributed by atoms with E-state index >= 15 is 0 Å². The molecule has 0 aliphatic carbocycles. The monoisotopic (exact) mass is 264 g/mol. The van der Waals surface area contributed by atoms with Crippen LogP contribution in [0.1, 0.15) is 0 Å². The van der Waals surface area contributed by atoms with E-state index in [1.165, 1.54) is 0 Å². The molecule has 3 heteroatoms. The van der Waals surface area contributed by atoms with Gasteiger partial charge < -0.3 is 10.1 Å². The molecule has 0 aliphatic rings. The largest absolute Gasteiger partial charge is 0.496 e. The van der Waals surface area contributed by atoms with Crippen molar-refractivity contribution >= 4 is 16.6 Å². The number of ether oxygens (including phenoxy) is 1. The Balaban J connectivity index is 2.26. The number of anilines is 1. The maximum Gasteiger partial charge on any atom is 0.128 e. The molecule has 3 nitrogen and oxygen atoms in total. The molecule has 2 aromatic carbocycles. The van der Waals surface area contributed by atoms with Gasteiger partial charge in [-0.25, -0.2) is 0 Å². The lowest BCUT2D eigenvalue weighted by Crippen LogP contribution is -1.91. The third-order valence-corrected chi connectivity index (χ3v) is 3.41. The lowest BCUT2D eigenvalue weighted by atomic mass is 10.0. The second-order valence-electron chi connectivity index (χ2n) is 4.55. The summed E-state index contributed by atoms with van der Waals surface area (Å²) in [6, 6.07) is 16.3. The number of nitrogens with zero attached hydrogens (tertiary/aromatic N) is 1. The zero-order valence-corrected chi connectivity index (χ0v) is 11.6. The van der Waals surface area contributed by atoms with Crippen molar-refractivity contribution in [2.45, 2.75) is 0 Å². The number of hydrogen-bond acceptors (Lipinski definition) is 3. The number of fused-ring (bicyclic) bond motifs is 1. The second-order valence-corrected chi connectivity index (χ2v) is 4.55. The molecule has 0 spiro atoms. The number of hydrogen-bond donors (Lipinski definition) is 1. The molecular weight excluding hydrogens is 248 g/mol. The highest BCUT2D eigenvalue weighted by molar-refractivity contribution is 5.97. The Morgan fingerprint density at radius 3 is 2.75 bits per heavy atom. The van der Waals surface area contributed by atoms with Crippen LogP contribution in [-0.2, 0) is 0 Å². The van der Waals surface area contributed by atoms with Crippen molar-refractivity contribution < 1.29 is 4.74 Å². The van der Waals surface area contributed by atoms with Crippen molar-refractivity contribution in [3.8, 4) is 16.9 Å². The summed E-state index contributed by atoms with van der Waals surface area (Å²) < 4.78 is 5.41. The molecular formula is C17H16N2O. The second kappa shape index (κ2) is 5.21. The summed E-state index contributed by atoms with van der Waals surface area (Å²) in [6.07, 6.45) is 1.81. The third kappa shape index (κ3) is 2.07. The van der Waals surface area contributed by atoms with Crippen LogP contribution < -0.4 is 10.1 Å². The molecule has 1 aromatic heterocycles. The molecule has 0 saturated heterocycles. The summed E-state index contributed by atoms with van der Waals surface area (Å²) in [5.74, 6) is 0.849. The molecule has 1 heterocycles. The summed E-state index contributed by atoms with van der Waals surface area (Å²) in [4.78, 5) is 4.52. The molecule has 0 amide bonds. The van der Waals surface area contributed by atoms with E-state index < -0.39 is 0 Å². The average Bonchev–Trinajstić information content (AvgIpc) is 2.54. The molecule has 0 unspecified atom stereocenters. The predicted octanol–water partition coefficient (Wildman–Crippen LogP) is 3.95. The Morgan fingerprint density at radius 1 is 1.05 bits per heavy atom. The average molecular weight is 264 g/mol. The van der Waals surface area contributed by atoms with Crippen molar-refractivity contribution in [2.75, 3.05) is 19.5 Å². The minimum Gasteiger partial charge on any atom is -0.496 e. The molecule has 3 rings (SSSR count). The summed E-state index contributed by atoms with van der Waals surface area (Å²) in [5, 5.41) is 4.19. The van der Waals surface area contributed by atoms with Gasteiger partial charge in [0.15, 0.2) is 0 Å². The zero-order valence-electron chi connectivity index (χ0n) is 11.6. The van der Waals surface area contributed by atoms with Crippen molar-refractivity contribution in [3.63, 3.8) is 0 Å². The van der Waals surface area contributed by atoms with E-state index in [1.54, 1.807) is 7.11 Å². The molecule has 20 heavy (non-hydrogen) atoms. The lowest BCUT2D eigenvalue weighted by molar-refractivity contribution is 0.420. The first-order chi connectivity index (χ1) is 9.83. The molecule has 0 bridgehead atoms. The number of rotatable bonds is 3. The van der Waals surface area contributed by atoms with E-state index in [2.05, 4.69) is 28.5 Å². The van der Waals surface area contributed by atoms with E-state index in [0.29, 0.717) is 0 Å². The fourth-order valence-electron chi connectivity index (χ4n) is 2.40. The van der Waals surface area contributed by atoms with Gasteiger partial charge in [-0.2, -0.15) is 0 Å². The maximum atomic E-state index is 5.41. The summed E-state index contributed by atoms with van der Waals surface area (Å²) in [6.45, 7) is 0. The highest BCUT2D eigenvalue weighted by Gasteiger charge is 2.09. The number of methoxy groups -OCH3 is 1. The van der Waals surface area contributed by atoms with Crippen molar-refractivity contribution in [2.24, 2.45) is 0 Å². The van der Waals surface area contributed by atoms with Crippen LogP contribution in [0, 0.1) is 0 Å². The Kier molecular flexibility index (Phi) is 3.25. The first-order valence-corrected chi connectivity index (χ1v) is 6.53. The van der Waals surface area contributed by atoms with Gasteiger partial charge in [0, 0.05) is 29.9 Å². The minimum atomic E-state index is 0.849. The maximum absolute atomic E-state index is 5.41. The van der Waals surface area contributed by atoms with E-state index in [1.807, 2.05) is 43.6 Å². The first kappa shape index (κ1) is 12.5. The molecule has 0 fully saturated rings. The zero-order chi connectivity index (χ0) is 13.9. The van der Waals surface area contributed by atoms with Gasteiger partial charge in [-0.05, 0) is 42.0 Å². The molecule has 3 aromatic rings. The number of nitrogens with one attached hydrogen (secondary N) is 1. The molecule has 1 N–H and O–H groups in total. The van der Waals surface area contributed by atoms with Crippen molar-refractivity contribution in [1.29, 1.82) is 0 Å². The van der Waals surface area contributed by atoms with Gasteiger partial charge in [0.05, 0.1) is 12.6 Å². The fourth-order valence-corrected chi connectivity index (χ4v) is 2.40. The standard InChI is InChI=1S/C17H16N2O/c1-18-13-6-3-5-12(11-13)14-8-9-16(20-2)15-7-4-10-19-17(14)15/h3-11,18H,1-2H3. The highest BCUT2D eigenvalue weighted by Crippen LogP contribution is 2.33. The van der Waals surface area contributed by atoms with Crippen LogP contribution in [0.15, 0.2) is 54.7 Å². The van der Waals surface area contributed by atoms with Crippen LogP contribution >= 0.6 is 0 Å². The Morgan fingerprint density at radius 2 is 1.95 bits per heavy atom. The topological polar surface area (TPSA) is 34.1 Å². The smallest absolute Gasteiger partial charge is 0.128 e. The van der Waals surface area contributed by atoms with Gasteiger partial charge in [-0.1, -0.05) is 12.1 Å². The quantitative estimate of drug-likeness (QED) is 0.777. The van der Waals surface area contributed by atoms with Crippen LogP contribution in [-0.4, -0.2) is 19.1 Å². The van der Waals surface area contributed by atoms with Gasteiger partial charge in [-0.3, -0.25) is 4.98 Å². The van der Waals surface area contributed by atoms with E-state index in [9.17, 15) is 0 Å². The van der Waals surface area contributed by atoms with Crippen LogP contribution in [0.3, 0.4) is 0 Å². The van der Waals surface area contributed by atoms with E-state index in [0.717, 1.165) is 33.5 Å². The lowest BCUT2D eigenvalue weighted by Gasteiger charge is -2.10. The van der Waals surface area contributed by atoms with Gasteiger partial charge >= 0.3 is 0 Å². The minimum absolute atomic E-state index is 0.849. The van der Waals surface area contributed by atoms with Crippen LogP contribution in [0.25, 0.3) is 22.0 Å². The van der Waals surface area contributed by atoms with Crippen molar-refractivity contribution in [3.05, 3.63) is 54.7 Å². The van der Waals surface area contributed by atoms with Gasteiger partial charge in [0.1, 0.15) is 5.75 Å². The van der Waals surface area contributed by atoms with Gasteiger partial charge in [0.25, 0.3) is 0 Å². The summed E-state index contributed by atoms with van der Waals surface area (Å²) in [5.41, 5.74) is 4.30. The van der Waals surface area contributed by atoms with E-state index in [4.69, 9.17) is 4.74 Å². The first-order valence-electron chi connectivity index (χ1n) is 6.53. The van der Waals surface area contributed by atoms with Crippen LogP contribution in [0.4, 0.5) is 5.69 Å². The number of pyridine rings is 1. The van der Waals surface area contributed by atoms with Crippen molar-refractivity contribution in [1.82, 2.24) is 4.98 Å². The van der Waals surface area contributed by atoms with Crippen LogP contribution in [0.2, 0.25) is 0 Å². The fraction of sp³-hybridized carbons (Fsp3) is 0.118. The third-order valence-electron chi connectivity index (χ3n) is 3.41. The summed E-state index contributed by atoms with van der Waals surface area (Å²) >= 11 is 0.